The van der Waals surface area contributed by atoms with Gasteiger partial charge in [-0.3, -0.25) is 4.90 Å². The van der Waals surface area contributed by atoms with Crippen molar-refractivity contribution in [3.63, 3.8) is 0 Å². The maximum absolute atomic E-state index is 14.3. The first-order valence-electron chi connectivity index (χ1n) is 6.44. The number of halogens is 2. The Balaban J connectivity index is 2.35. The minimum Gasteiger partial charge on any atom is -0.330 e. The van der Waals surface area contributed by atoms with Crippen LogP contribution >= 0.6 is 15.9 Å². The van der Waals surface area contributed by atoms with Gasteiger partial charge in [-0.15, -0.1) is 0 Å². The van der Waals surface area contributed by atoms with Gasteiger partial charge in [0, 0.05) is 18.2 Å². The summed E-state index contributed by atoms with van der Waals surface area (Å²) < 4.78 is 14.8. The van der Waals surface area contributed by atoms with Crippen LogP contribution in [-0.2, 0) is 6.42 Å². The fourth-order valence-electron chi connectivity index (χ4n) is 2.76. The molecular weight excluding hydrogens is 295 g/mol. The van der Waals surface area contributed by atoms with Crippen LogP contribution in [0.15, 0.2) is 16.6 Å². The Morgan fingerprint density at radius 3 is 2.78 bits per heavy atom. The van der Waals surface area contributed by atoms with Gasteiger partial charge in [0.05, 0.1) is 4.47 Å². The molecule has 0 spiro atoms. The van der Waals surface area contributed by atoms with Gasteiger partial charge in [0.25, 0.3) is 0 Å². The van der Waals surface area contributed by atoms with Gasteiger partial charge in [0.15, 0.2) is 0 Å². The molecule has 1 aliphatic rings. The fourth-order valence-corrected chi connectivity index (χ4v) is 3.28. The summed E-state index contributed by atoms with van der Waals surface area (Å²) in [6.45, 7) is 3.72. The van der Waals surface area contributed by atoms with Gasteiger partial charge in [-0.25, -0.2) is 4.39 Å². The molecule has 1 fully saturated rings. The lowest BCUT2D eigenvalue weighted by Crippen LogP contribution is -2.21. The minimum atomic E-state index is -0.123. The van der Waals surface area contributed by atoms with E-state index in [0.29, 0.717) is 16.9 Å². The van der Waals surface area contributed by atoms with Crippen molar-refractivity contribution in [2.45, 2.75) is 25.8 Å². The molecule has 2 nitrogen and oxygen atoms in total. The first-order valence-corrected chi connectivity index (χ1v) is 7.24. The van der Waals surface area contributed by atoms with Crippen LogP contribution < -0.4 is 5.73 Å². The Morgan fingerprint density at radius 1 is 1.50 bits per heavy atom. The summed E-state index contributed by atoms with van der Waals surface area (Å²) in [6, 6.07) is 4.02. The standard InChI is InChI=1S/C14H20BrFN2/c1-3-9-4-11(14(16)12(15)5-9)13-6-10(7-17)8-18(13)2/h4-5,10,13H,3,6-8,17H2,1-2H3. The van der Waals surface area contributed by atoms with Crippen molar-refractivity contribution in [2.75, 3.05) is 20.1 Å². The molecule has 2 rings (SSSR count). The van der Waals surface area contributed by atoms with E-state index in [1.165, 1.54) is 5.56 Å². The quantitative estimate of drug-likeness (QED) is 0.929. The van der Waals surface area contributed by atoms with E-state index in [9.17, 15) is 4.39 Å². The molecule has 0 aliphatic carbocycles. The Hall–Kier alpha value is -0.450. The highest BCUT2D eigenvalue weighted by molar-refractivity contribution is 9.10. The van der Waals surface area contributed by atoms with Crippen molar-refractivity contribution in [3.8, 4) is 0 Å². The molecule has 0 saturated carbocycles. The summed E-state index contributed by atoms with van der Waals surface area (Å²) in [7, 11) is 2.05. The van der Waals surface area contributed by atoms with E-state index in [0.717, 1.165) is 24.9 Å². The molecule has 0 amide bonds. The summed E-state index contributed by atoms with van der Waals surface area (Å²) in [5.74, 6) is 0.352. The monoisotopic (exact) mass is 314 g/mol. The van der Waals surface area contributed by atoms with Gasteiger partial charge >= 0.3 is 0 Å². The Morgan fingerprint density at radius 2 is 2.22 bits per heavy atom. The van der Waals surface area contributed by atoms with Crippen LogP contribution in [0.2, 0.25) is 0 Å². The lowest BCUT2D eigenvalue weighted by molar-refractivity contribution is 0.306. The Labute approximate surface area is 116 Å². The average molecular weight is 315 g/mol. The third-order valence-corrected chi connectivity index (χ3v) is 4.43. The Kier molecular flexibility index (Phi) is 4.41. The number of aryl methyl sites for hydroxylation is 1. The van der Waals surface area contributed by atoms with Crippen molar-refractivity contribution in [3.05, 3.63) is 33.5 Å². The van der Waals surface area contributed by atoms with E-state index in [4.69, 9.17) is 5.73 Å². The van der Waals surface area contributed by atoms with E-state index >= 15 is 0 Å². The van der Waals surface area contributed by atoms with Crippen molar-refractivity contribution in [2.24, 2.45) is 11.7 Å². The largest absolute Gasteiger partial charge is 0.330 e. The minimum absolute atomic E-state index is 0.123. The highest BCUT2D eigenvalue weighted by atomic mass is 79.9. The molecule has 1 heterocycles. The van der Waals surface area contributed by atoms with Crippen LogP contribution in [0.4, 0.5) is 4.39 Å². The first-order chi connectivity index (χ1) is 8.56. The molecule has 1 saturated heterocycles. The second-order valence-electron chi connectivity index (χ2n) is 5.13. The molecular formula is C14H20BrFN2. The zero-order valence-electron chi connectivity index (χ0n) is 10.9. The molecule has 100 valence electrons. The zero-order chi connectivity index (χ0) is 13.3. The number of likely N-dealkylation sites (tertiary alicyclic amines) is 1. The van der Waals surface area contributed by atoms with E-state index < -0.39 is 0 Å². The van der Waals surface area contributed by atoms with Crippen molar-refractivity contribution < 1.29 is 4.39 Å². The normalized spacial score (nSPS) is 24.7. The predicted octanol–water partition coefficient (Wildman–Crippen LogP) is 3.10. The molecule has 0 radical (unpaired) electrons. The molecule has 2 unspecified atom stereocenters. The Bertz CT molecular complexity index is 436. The molecule has 18 heavy (non-hydrogen) atoms. The lowest BCUT2D eigenvalue weighted by Gasteiger charge is -2.21. The smallest absolute Gasteiger partial charge is 0.142 e. The number of rotatable bonds is 3. The van der Waals surface area contributed by atoms with Crippen LogP contribution in [-0.4, -0.2) is 25.0 Å². The number of benzene rings is 1. The van der Waals surface area contributed by atoms with Crippen LogP contribution in [0.1, 0.15) is 30.5 Å². The fraction of sp³-hybridized carbons (Fsp3) is 0.571. The second kappa shape index (κ2) is 5.68. The SMILES string of the molecule is CCc1cc(Br)c(F)c(C2CC(CN)CN2C)c1. The molecule has 1 aromatic carbocycles. The second-order valence-corrected chi connectivity index (χ2v) is 5.98. The van der Waals surface area contributed by atoms with Crippen LogP contribution in [0.25, 0.3) is 0 Å². The third-order valence-electron chi connectivity index (χ3n) is 3.85. The maximum atomic E-state index is 14.3. The maximum Gasteiger partial charge on any atom is 0.142 e. The van der Waals surface area contributed by atoms with Crippen LogP contribution in [0, 0.1) is 11.7 Å². The lowest BCUT2D eigenvalue weighted by atomic mass is 9.97. The molecule has 0 bridgehead atoms. The predicted molar refractivity (Wildman–Crippen MR) is 76.0 cm³/mol. The van der Waals surface area contributed by atoms with Gasteiger partial charge < -0.3 is 5.73 Å². The highest BCUT2D eigenvalue weighted by Gasteiger charge is 2.32. The van der Waals surface area contributed by atoms with E-state index in [-0.39, 0.29) is 11.9 Å². The molecule has 2 N–H and O–H groups in total. The molecule has 4 heteroatoms. The van der Waals surface area contributed by atoms with E-state index in [2.05, 4.69) is 27.8 Å². The third kappa shape index (κ3) is 2.60. The number of nitrogens with zero attached hydrogens (tertiary/aromatic N) is 1. The number of hydrogen-bond donors (Lipinski definition) is 1. The van der Waals surface area contributed by atoms with Gasteiger partial charge in [-0.05, 0) is 59.9 Å². The van der Waals surface area contributed by atoms with E-state index in [1.54, 1.807) is 0 Å². The van der Waals surface area contributed by atoms with Crippen molar-refractivity contribution in [1.29, 1.82) is 0 Å². The van der Waals surface area contributed by atoms with Gasteiger partial charge in [0.2, 0.25) is 0 Å². The average Bonchev–Trinajstić information content (AvgIpc) is 2.74. The van der Waals surface area contributed by atoms with Gasteiger partial charge in [-0.2, -0.15) is 0 Å². The summed E-state index contributed by atoms with van der Waals surface area (Å²) in [4.78, 5) is 2.21. The first kappa shape index (κ1) is 14.0. The highest BCUT2D eigenvalue weighted by Crippen LogP contribution is 2.37. The van der Waals surface area contributed by atoms with Gasteiger partial charge in [0.1, 0.15) is 5.82 Å². The molecule has 0 aromatic heterocycles. The molecule has 1 aliphatic heterocycles. The number of nitrogens with two attached hydrogens (primary N) is 1. The summed E-state index contributed by atoms with van der Waals surface area (Å²) >= 11 is 3.32. The summed E-state index contributed by atoms with van der Waals surface area (Å²) in [5.41, 5.74) is 7.71. The summed E-state index contributed by atoms with van der Waals surface area (Å²) in [6.07, 6.45) is 1.87. The molecule has 1 aromatic rings. The number of hydrogen-bond acceptors (Lipinski definition) is 2. The topological polar surface area (TPSA) is 29.3 Å². The van der Waals surface area contributed by atoms with Crippen LogP contribution in [0.5, 0.6) is 0 Å². The summed E-state index contributed by atoms with van der Waals surface area (Å²) in [5, 5.41) is 0. The zero-order valence-corrected chi connectivity index (χ0v) is 12.5. The molecule has 2 atom stereocenters. The van der Waals surface area contributed by atoms with Crippen molar-refractivity contribution in [1.82, 2.24) is 4.90 Å². The van der Waals surface area contributed by atoms with Crippen LogP contribution in [0.3, 0.4) is 0 Å². The van der Waals surface area contributed by atoms with Crippen molar-refractivity contribution >= 4 is 15.9 Å². The van der Waals surface area contributed by atoms with Gasteiger partial charge in [-0.1, -0.05) is 13.0 Å². The van der Waals surface area contributed by atoms with E-state index in [1.807, 2.05) is 19.2 Å².